The Labute approximate surface area is 198 Å². The van der Waals surface area contributed by atoms with Crippen LogP contribution in [-0.4, -0.2) is 28.6 Å². The van der Waals surface area contributed by atoms with E-state index < -0.39 is 17.7 Å². The lowest BCUT2D eigenvalue weighted by molar-refractivity contribution is -0.139. The van der Waals surface area contributed by atoms with Crippen LogP contribution in [0.5, 0.6) is 0 Å². The third-order valence-corrected chi connectivity index (χ3v) is 6.82. The molecule has 186 valence electrons. The maximum atomic E-state index is 13.6. The molecule has 3 nitrogen and oxygen atoms in total. The summed E-state index contributed by atoms with van der Waals surface area (Å²) in [4.78, 5) is 13.9. The third-order valence-electron chi connectivity index (χ3n) is 6.82. The van der Waals surface area contributed by atoms with E-state index in [1.807, 2.05) is 0 Å². The van der Waals surface area contributed by atoms with Gasteiger partial charge in [0.2, 0.25) is 0 Å². The number of hydrogen-bond donors (Lipinski definition) is 1. The number of benzene rings is 2. The van der Waals surface area contributed by atoms with Gasteiger partial charge in [0.25, 0.3) is 0 Å². The van der Waals surface area contributed by atoms with Crippen molar-refractivity contribution in [1.82, 2.24) is 4.90 Å². The molecule has 2 aromatic rings. The first-order chi connectivity index (χ1) is 16.0. The fourth-order valence-corrected chi connectivity index (χ4v) is 5.12. The van der Waals surface area contributed by atoms with Gasteiger partial charge in [0.05, 0.1) is 5.56 Å². The molecular weight excluding hydrogens is 446 g/mol. The zero-order valence-corrected chi connectivity index (χ0v) is 19.7. The van der Waals surface area contributed by atoms with Crippen LogP contribution in [0.25, 0.3) is 0 Å². The van der Waals surface area contributed by atoms with E-state index in [0.29, 0.717) is 12.5 Å². The molecule has 0 radical (unpaired) electrons. The molecule has 0 heterocycles. The van der Waals surface area contributed by atoms with E-state index in [1.54, 1.807) is 12.1 Å². The average Bonchev–Trinajstić information content (AvgIpc) is 2.76. The van der Waals surface area contributed by atoms with E-state index in [4.69, 9.17) is 0 Å². The molecule has 34 heavy (non-hydrogen) atoms. The summed E-state index contributed by atoms with van der Waals surface area (Å²) in [5, 5.41) is 9.54. The number of rotatable bonds is 9. The number of carboxylic acid groups (broad SMARTS) is 1. The SMILES string of the molecule is CC(C)CCN(Cc1ccc(C(F)(F)F)cc1)[C@@H]1CCC[C@H](CC(=O)O)[C@H]1c1ccc(F)cc1. The second-order valence-electron chi connectivity index (χ2n) is 9.78. The van der Waals surface area contributed by atoms with Gasteiger partial charge in [-0.15, -0.1) is 0 Å². The molecular formula is C27H33F4NO2. The highest BCUT2D eigenvalue weighted by Gasteiger charge is 2.38. The fourth-order valence-electron chi connectivity index (χ4n) is 5.12. The Morgan fingerprint density at radius 3 is 2.26 bits per heavy atom. The molecule has 1 aliphatic carbocycles. The summed E-state index contributed by atoms with van der Waals surface area (Å²) in [6, 6.07) is 11.6. The van der Waals surface area contributed by atoms with Crippen molar-refractivity contribution in [2.75, 3.05) is 6.54 Å². The molecule has 0 amide bonds. The second-order valence-corrected chi connectivity index (χ2v) is 9.78. The first-order valence-electron chi connectivity index (χ1n) is 11.9. The van der Waals surface area contributed by atoms with E-state index in [0.717, 1.165) is 55.5 Å². The van der Waals surface area contributed by atoms with Crippen molar-refractivity contribution in [2.45, 2.75) is 70.6 Å². The van der Waals surface area contributed by atoms with Crippen molar-refractivity contribution >= 4 is 5.97 Å². The van der Waals surface area contributed by atoms with Gasteiger partial charge in [-0.1, -0.05) is 44.5 Å². The fraction of sp³-hybridized carbons (Fsp3) is 0.519. The van der Waals surface area contributed by atoms with Crippen LogP contribution in [0.1, 0.15) is 68.6 Å². The molecule has 0 aliphatic heterocycles. The Hall–Kier alpha value is -2.41. The Morgan fingerprint density at radius 2 is 1.71 bits per heavy atom. The lowest BCUT2D eigenvalue weighted by atomic mass is 9.70. The average molecular weight is 480 g/mol. The lowest BCUT2D eigenvalue weighted by Crippen LogP contribution is -2.45. The number of nitrogens with zero attached hydrogens (tertiary/aromatic N) is 1. The van der Waals surface area contributed by atoms with Gasteiger partial charge in [-0.3, -0.25) is 9.69 Å². The van der Waals surface area contributed by atoms with Crippen LogP contribution < -0.4 is 0 Å². The van der Waals surface area contributed by atoms with Crippen LogP contribution in [-0.2, 0) is 17.5 Å². The molecule has 0 aromatic heterocycles. The number of hydrogen-bond acceptors (Lipinski definition) is 2. The van der Waals surface area contributed by atoms with E-state index in [1.165, 1.54) is 24.3 Å². The standard InChI is InChI=1S/C27H33F4NO2/c1-18(2)14-15-32(17-19-6-10-22(11-7-19)27(29,30)31)24-5-3-4-21(16-25(33)34)26(24)20-8-12-23(28)13-9-20/h6-13,18,21,24,26H,3-5,14-17H2,1-2H3,(H,33,34)/t21-,24-,26-/m1/s1. The van der Waals surface area contributed by atoms with Crippen molar-refractivity contribution in [3.8, 4) is 0 Å². The molecule has 0 bridgehead atoms. The highest BCUT2D eigenvalue weighted by molar-refractivity contribution is 5.67. The van der Waals surface area contributed by atoms with E-state index in [9.17, 15) is 27.5 Å². The minimum Gasteiger partial charge on any atom is -0.481 e. The topological polar surface area (TPSA) is 40.5 Å². The van der Waals surface area contributed by atoms with Gasteiger partial charge in [0.1, 0.15) is 5.82 Å². The number of alkyl halides is 3. The van der Waals surface area contributed by atoms with Crippen LogP contribution in [0.2, 0.25) is 0 Å². The van der Waals surface area contributed by atoms with Crippen molar-refractivity contribution in [3.05, 3.63) is 71.0 Å². The molecule has 3 atom stereocenters. The van der Waals surface area contributed by atoms with Gasteiger partial charge in [0.15, 0.2) is 0 Å². The van der Waals surface area contributed by atoms with Gasteiger partial charge in [-0.25, -0.2) is 4.39 Å². The monoisotopic (exact) mass is 479 g/mol. The maximum absolute atomic E-state index is 13.6. The largest absolute Gasteiger partial charge is 0.481 e. The quantitative estimate of drug-likeness (QED) is 0.389. The molecule has 0 saturated heterocycles. The molecule has 3 rings (SSSR count). The van der Waals surface area contributed by atoms with Gasteiger partial charge >= 0.3 is 12.1 Å². The Morgan fingerprint density at radius 1 is 1.06 bits per heavy atom. The summed E-state index contributed by atoms with van der Waals surface area (Å²) in [6.45, 7) is 5.48. The number of carbonyl (C=O) groups is 1. The Kier molecular flexibility index (Phi) is 8.74. The molecule has 7 heteroatoms. The number of halogens is 4. The van der Waals surface area contributed by atoms with Gasteiger partial charge < -0.3 is 5.11 Å². The van der Waals surface area contributed by atoms with Gasteiger partial charge in [-0.2, -0.15) is 13.2 Å². The normalized spacial score (nSPS) is 21.2. The predicted octanol–water partition coefficient (Wildman–Crippen LogP) is 7.12. The van der Waals surface area contributed by atoms with Crippen LogP contribution in [0.15, 0.2) is 48.5 Å². The van der Waals surface area contributed by atoms with Crippen LogP contribution in [0.4, 0.5) is 17.6 Å². The number of aliphatic carboxylic acids is 1. The highest BCUT2D eigenvalue weighted by Crippen LogP contribution is 2.43. The van der Waals surface area contributed by atoms with Crippen LogP contribution in [0.3, 0.4) is 0 Å². The Bertz CT molecular complexity index is 925. The molecule has 0 unspecified atom stereocenters. The minimum atomic E-state index is -4.38. The molecule has 1 saturated carbocycles. The molecule has 1 aliphatic rings. The summed E-state index contributed by atoms with van der Waals surface area (Å²) in [5.74, 6) is -0.928. The van der Waals surface area contributed by atoms with Crippen molar-refractivity contribution in [3.63, 3.8) is 0 Å². The minimum absolute atomic E-state index is 0.0182. The molecule has 1 N–H and O–H groups in total. The van der Waals surface area contributed by atoms with Gasteiger partial charge in [0, 0.05) is 24.9 Å². The summed E-state index contributed by atoms with van der Waals surface area (Å²) >= 11 is 0. The molecule has 1 fully saturated rings. The first-order valence-corrected chi connectivity index (χ1v) is 11.9. The highest BCUT2D eigenvalue weighted by atomic mass is 19.4. The smallest absolute Gasteiger partial charge is 0.416 e. The second kappa shape index (κ2) is 11.3. The zero-order chi connectivity index (χ0) is 24.9. The lowest BCUT2D eigenvalue weighted by Gasteiger charge is -2.44. The summed E-state index contributed by atoms with van der Waals surface area (Å²) in [6.07, 6.45) is -0.907. The van der Waals surface area contributed by atoms with E-state index >= 15 is 0 Å². The summed E-state index contributed by atoms with van der Waals surface area (Å²) < 4.78 is 52.7. The predicted molar refractivity (Wildman–Crippen MR) is 124 cm³/mol. The molecule has 2 aromatic carbocycles. The van der Waals surface area contributed by atoms with Crippen molar-refractivity contribution in [1.29, 1.82) is 0 Å². The number of carboxylic acids is 1. The van der Waals surface area contributed by atoms with Crippen LogP contribution >= 0.6 is 0 Å². The maximum Gasteiger partial charge on any atom is 0.416 e. The van der Waals surface area contributed by atoms with Crippen molar-refractivity contribution < 1.29 is 27.5 Å². The summed E-state index contributed by atoms with van der Waals surface area (Å²) in [5.41, 5.74) is 1.03. The zero-order valence-electron chi connectivity index (χ0n) is 19.7. The van der Waals surface area contributed by atoms with E-state index in [2.05, 4.69) is 18.7 Å². The van der Waals surface area contributed by atoms with Crippen LogP contribution in [0, 0.1) is 17.7 Å². The third kappa shape index (κ3) is 7.05. The van der Waals surface area contributed by atoms with E-state index in [-0.39, 0.29) is 30.1 Å². The molecule has 0 spiro atoms. The Balaban J connectivity index is 1.93. The van der Waals surface area contributed by atoms with Gasteiger partial charge in [-0.05, 0) is 73.0 Å². The summed E-state index contributed by atoms with van der Waals surface area (Å²) in [7, 11) is 0. The van der Waals surface area contributed by atoms with Crippen molar-refractivity contribution in [2.24, 2.45) is 11.8 Å². The first kappa shape index (κ1) is 26.2.